The van der Waals surface area contributed by atoms with Gasteiger partial charge in [-0.05, 0) is 48.4 Å². The van der Waals surface area contributed by atoms with Gasteiger partial charge in [-0.25, -0.2) is 14.2 Å². The van der Waals surface area contributed by atoms with Gasteiger partial charge in [0.25, 0.3) is 5.88 Å². The van der Waals surface area contributed by atoms with Gasteiger partial charge in [0.05, 0.1) is 24.8 Å². The maximum Gasteiger partial charge on any atom is 0.355 e. The standard InChI is InChI=1S/C23H21ClN6O5S/c24-16-5-3-15(4-6-16)13-29-21(27-22(33)30(23(29)34)14-18(32)2-1-11-31)26-17-7-9-19(10-8-17)35-20-12-25-36-28-20/h3-10,12,31H,1-2,11,13-14H2,(H,26,27,33). The van der Waals surface area contributed by atoms with Crippen molar-refractivity contribution in [3.63, 3.8) is 0 Å². The summed E-state index contributed by atoms with van der Waals surface area (Å²) in [7, 11) is 0. The van der Waals surface area contributed by atoms with Crippen LogP contribution >= 0.6 is 23.3 Å². The van der Waals surface area contributed by atoms with Crippen molar-refractivity contribution in [3.05, 3.63) is 86.3 Å². The average molecular weight is 529 g/mol. The SMILES string of the molecule is O=C(CCCO)Cn1c(=O)nc(Nc2ccc(Oc3cnsn3)cc2)n(Cc2ccc(Cl)cc2)c1=O. The third-order valence-electron chi connectivity index (χ3n) is 5.03. The third kappa shape index (κ3) is 6.42. The molecule has 0 saturated heterocycles. The molecule has 2 aromatic carbocycles. The van der Waals surface area contributed by atoms with Crippen LogP contribution in [-0.4, -0.2) is 40.4 Å². The molecule has 0 aliphatic heterocycles. The fraction of sp³-hybridized carbons (Fsp3) is 0.217. The van der Waals surface area contributed by atoms with Crippen molar-refractivity contribution in [1.29, 1.82) is 0 Å². The van der Waals surface area contributed by atoms with E-state index >= 15 is 0 Å². The molecule has 4 rings (SSSR count). The maximum absolute atomic E-state index is 13.3. The molecular weight excluding hydrogens is 508 g/mol. The molecule has 4 aromatic rings. The van der Waals surface area contributed by atoms with E-state index in [2.05, 4.69) is 19.0 Å². The van der Waals surface area contributed by atoms with Crippen molar-refractivity contribution in [2.24, 2.45) is 0 Å². The number of hydrogen-bond donors (Lipinski definition) is 2. The summed E-state index contributed by atoms with van der Waals surface area (Å²) in [5, 5.41) is 12.5. The number of aliphatic hydroxyl groups excluding tert-OH is 1. The van der Waals surface area contributed by atoms with Crippen LogP contribution in [0.5, 0.6) is 11.6 Å². The van der Waals surface area contributed by atoms with E-state index in [1.165, 1.54) is 10.8 Å². The number of ether oxygens (including phenoxy) is 1. The van der Waals surface area contributed by atoms with Gasteiger partial charge in [0, 0.05) is 23.7 Å². The molecule has 0 atom stereocenters. The van der Waals surface area contributed by atoms with E-state index in [1.54, 1.807) is 48.5 Å². The van der Waals surface area contributed by atoms with Gasteiger partial charge in [-0.1, -0.05) is 23.7 Å². The second-order valence-corrected chi connectivity index (χ2v) is 8.66. The van der Waals surface area contributed by atoms with Gasteiger partial charge in [0.1, 0.15) is 11.9 Å². The monoisotopic (exact) mass is 528 g/mol. The number of nitrogens with zero attached hydrogens (tertiary/aromatic N) is 5. The minimum absolute atomic E-state index is 0.0105. The molecule has 2 N–H and O–H groups in total. The molecule has 2 aromatic heterocycles. The predicted octanol–water partition coefficient (Wildman–Crippen LogP) is 2.84. The van der Waals surface area contributed by atoms with Crippen molar-refractivity contribution in [2.75, 3.05) is 11.9 Å². The fourth-order valence-electron chi connectivity index (χ4n) is 3.26. The number of halogens is 1. The summed E-state index contributed by atoms with van der Waals surface area (Å²) in [5.74, 6) is 0.555. The number of aliphatic hydroxyl groups is 1. The van der Waals surface area contributed by atoms with Crippen LogP contribution in [0.4, 0.5) is 11.6 Å². The van der Waals surface area contributed by atoms with E-state index in [-0.39, 0.29) is 37.7 Å². The van der Waals surface area contributed by atoms with Gasteiger partial charge in [-0.3, -0.25) is 9.36 Å². The summed E-state index contributed by atoms with van der Waals surface area (Å²) in [5.41, 5.74) is -0.264. The number of benzene rings is 2. The summed E-state index contributed by atoms with van der Waals surface area (Å²) in [4.78, 5) is 42.2. The Morgan fingerprint density at radius 3 is 2.50 bits per heavy atom. The van der Waals surface area contributed by atoms with Crippen molar-refractivity contribution < 1.29 is 14.6 Å². The number of Topliss-reactive ketones (excluding diaryl/α,β-unsaturated/α-hetero) is 1. The summed E-state index contributed by atoms with van der Waals surface area (Å²) in [6.07, 6.45) is 1.79. The van der Waals surface area contributed by atoms with E-state index in [0.29, 0.717) is 22.3 Å². The highest BCUT2D eigenvalue weighted by Gasteiger charge is 2.16. The summed E-state index contributed by atoms with van der Waals surface area (Å²) >= 11 is 7.00. The van der Waals surface area contributed by atoms with Crippen molar-refractivity contribution in [1.82, 2.24) is 22.9 Å². The minimum Gasteiger partial charge on any atom is -0.437 e. The Morgan fingerprint density at radius 2 is 1.83 bits per heavy atom. The number of ketones is 1. The first-order chi connectivity index (χ1) is 17.4. The molecule has 0 bridgehead atoms. The van der Waals surface area contributed by atoms with Crippen LogP contribution in [-0.2, 0) is 17.9 Å². The lowest BCUT2D eigenvalue weighted by Crippen LogP contribution is -2.44. The molecule has 0 fully saturated rings. The van der Waals surface area contributed by atoms with Crippen LogP contribution in [0, 0.1) is 0 Å². The highest BCUT2D eigenvalue weighted by Crippen LogP contribution is 2.23. The summed E-state index contributed by atoms with van der Waals surface area (Å²) in [6.45, 7) is -0.509. The van der Waals surface area contributed by atoms with Gasteiger partial charge in [-0.2, -0.15) is 9.36 Å². The van der Waals surface area contributed by atoms with E-state index < -0.39 is 17.9 Å². The van der Waals surface area contributed by atoms with Gasteiger partial charge in [-0.15, -0.1) is 4.37 Å². The molecular formula is C23H21ClN6O5S. The zero-order valence-corrected chi connectivity index (χ0v) is 20.4. The molecule has 0 amide bonds. The van der Waals surface area contributed by atoms with Crippen LogP contribution in [0.1, 0.15) is 18.4 Å². The molecule has 13 heteroatoms. The Bertz CT molecular complexity index is 1440. The Balaban J connectivity index is 1.64. The first-order valence-corrected chi connectivity index (χ1v) is 11.9. The van der Waals surface area contributed by atoms with Gasteiger partial charge in [0.2, 0.25) is 5.95 Å². The lowest BCUT2D eigenvalue weighted by Gasteiger charge is -2.16. The first-order valence-electron chi connectivity index (χ1n) is 10.8. The maximum atomic E-state index is 13.3. The molecule has 0 radical (unpaired) electrons. The molecule has 0 aliphatic carbocycles. The predicted molar refractivity (Wildman–Crippen MR) is 134 cm³/mol. The topological polar surface area (TPSA) is 141 Å². The molecule has 186 valence electrons. The molecule has 0 saturated carbocycles. The first kappa shape index (κ1) is 25.2. The summed E-state index contributed by atoms with van der Waals surface area (Å²) in [6, 6.07) is 13.6. The normalized spacial score (nSPS) is 10.8. The van der Waals surface area contributed by atoms with Crippen molar-refractivity contribution >= 4 is 40.7 Å². The Hall–Kier alpha value is -3.87. The van der Waals surface area contributed by atoms with E-state index in [4.69, 9.17) is 21.4 Å². The molecule has 0 spiro atoms. The number of rotatable bonds is 11. The van der Waals surface area contributed by atoms with E-state index in [0.717, 1.165) is 21.9 Å². The number of carbonyl (C=O) groups excluding carboxylic acids is 1. The fourth-order valence-corrected chi connectivity index (χ4v) is 3.74. The number of aromatic nitrogens is 5. The second kappa shape index (κ2) is 11.7. The molecule has 36 heavy (non-hydrogen) atoms. The lowest BCUT2D eigenvalue weighted by molar-refractivity contribution is -0.120. The largest absolute Gasteiger partial charge is 0.437 e. The Labute approximate surface area is 213 Å². The Morgan fingerprint density at radius 1 is 1.08 bits per heavy atom. The second-order valence-electron chi connectivity index (χ2n) is 7.66. The molecule has 0 unspecified atom stereocenters. The van der Waals surface area contributed by atoms with E-state index in [9.17, 15) is 14.4 Å². The van der Waals surface area contributed by atoms with Crippen molar-refractivity contribution in [3.8, 4) is 11.6 Å². The third-order valence-corrected chi connectivity index (χ3v) is 5.74. The average Bonchev–Trinajstić information content (AvgIpc) is 3.38. The molecule has 11 nitrogen and oxygen atoms in total. The number of nitrogens with one attached hydrogen (secondary N) is 1. The smallest absolute Gasteiger partial charge is 0.355 e. The minimum atomic E-state index is -0.858. The van der Waals surface area contributed by atoms with Crippen LogP contribution in [0.15, 0.2) is 64.3 Å². The van der Waals surface area contributed by atoms with Crippen LogP contribution < -0.4 is 21.4 Å². The number of carbonyl (C=O) groups is 1. The summed E-state index contributed by atoms with van der Waals surface area (Å²) < 4.78 is 15.5. The zero-order chi connectivity index (χ0) is 25.5. The molecule has 0 aliphatic rings. The van der Waals surface area contributed by atoms with Gasteiger partial charge < -0.3 is 15.2 Å². The highest BCUT2D eigenvalue weighted by molar-refractivity contribution is 6.99. The Kier molecular flexibility index (Phi) is 8.21. The number of hydrogen-bond acceptors (Lipinski definition) is 10. The van der Waals surface area contributed by atoms with E-state index in [1.807, 2.05) is 0 Å². The van der Waals surface area contributed by atoms with Crippen LogP contribution in [0.3, 0.4) is 0 Å². The highest BCUT2D eigenvalue weighted by atomic mass is 35.5. The van der Waals surface area contributed by atoms with Crippen LogP contribution in [0.25, 0.3) is 0 Å². The van der Waals surface area contributed by atoms with Crippen LogP contribution in [0.2, 0.25) is 5.02 Å². The van der Waals surface area contributed by atoms with Crippen molar-refractivity contribution in [2.45, 2.75) is 25.9 Å². The lowest BCUT2D eigenvalue weighted by atomic mass is 10.2. The quantitative estimate of drug-likeness (QED) is 0.300. The molecule has 2 heterocycles. The zero-order valence-electron chi connectivity index (χ0n) is 18.8. The van der Waals surface area contributed by atoms with Gasteiger partial charge in [0.15, 0.2) is 5.78 Å². The number of anilines is 2. The van der Waals surface area contributed by atoms with Gasteiger partial charge >= 0.3 is 11.4 Å².